The number of aliphatic carboxylic acids is 1. The van der Waals surface area contributed by atoms with Crippen LogP contribution < -0.4 is 0 Å². The number of methoxy groups -OCH3 is 1. The smallest absolute Gasteiger partial charge is 0.475 e. The molecule has 14 heteroatoms. The van der Waals surface area contributed by atoms with Crippen molar-refractivity contribution >= 4 is 23.5 Å². The second kappa shape index (κ2) is 8.99. The van der Waals surface area contributed by atoms with Crippen LogP contribution >= 0.6 is 11.6 Å². The summed E-state index contributed by atoms with van der Waals surface area (Å²) in [7, 11) is 1.25. The van der Waals surface area contributed by atoms with Gasteiger partial charge in [-0.3, -0.25) is 4.90 Å². The molecule has 0 aliphatic carbocycles. The van der Waals surface area contributed by atoms with Crippen molar-refractivity contribution in [1.82, 2.24) is 4.90 Å². The fraction of sp³-hybridized carbons (Fsp3) is 0.529. The zero-order valence-electron chi connectivity index (χ0n) is 15.8. The third kappa shape index (κ3) is 5.64. The maximum atomic E-state index is 13.3. The SMILES string of the molecule is COC(=O)c1ccc(Cl)cc1CN1CCCC1C1(C(F)(F)F)N=N1.O=C(O)C(F)(F)F. The van der Waals surface area contributed by atoms with Crippen LogP contribution in [0.2, 0.25) is 5.02 Å². The molecule has 1 fully saturated rings. The highest BCUT2D eigenvalue weighted by molar-refractivity contribution is 6.30. The molecule has 1 unspecified atom stereocenters. The molecule has 7 nitrogen and oxygen atoms in total. The first-order valence-electron chi connectivity index (χ1n) is 8.64. The average Bonchev–Trinajstić information content (AvgIpc) is 3.35. The molecule has 0 radical (unpaired) electrons. The highest BCUT2D eigenvalue weighted by atomic mass is 35.5. The Hall–Kier alpha value is -2.41. The highest BCUT2D eigenvalue weighted by Gasteiger charge is 2.69. The van der Waals surface area contributed by atoms with E-state index in [9.17, 15) is 31.1 Å². The van der Waals surface area contributed by atoms with Gasteiger partial charge >= 0.3 is 24.3 Å². The molecule has 2 aliphatic heterocycles. The summed E-state index contributed by atoms with van der Waals surface area (Å²) in [6.07, 6.45) is -8.64. The van der Waals surface area contributed by atoms with E-state index in [1.165, 1.54) is 13.2 Å². The highest BCUT2D eigenvalue weighted by Crippen LogP contribution is 2.51. The van der Waals surface area contributed by atoms with Crippen LogP contribution in [0.3, 0.4) is 0 Å². The van der Waals surface area contributed by atoms with Crippen molar-refractivity contribution in [3.05, 3.63) is 34.3 Å². The Morgan fingerprint density at radius 2 is 1.84 bits per heavy atom. The molecule has 31 heavy (non-hydrogen) atoms. The molecule has 1 aromatic carbocycles. The summed E-state index contributed by atoms with van der Waals surface area (Å²) in [6, 6.07) is 3.77. The molecule has 1 N–H and O–H groups in total. The molecule has 3 rings (SSSR count). The van der Waals surface area contributed by atoms with Gasteiger partial charge in [-0.25, -0.2) is 9.59 Å². The summed E-state index contributed by atoms with van der Waals surface area (Å²) in [5.41, 5.74) is -1.51. The molecule has 2 aliphatic rings. The monoisotopic (exact) mass is 475 g/mol. The van der Waals surface area contributed by atoms with Gasteiger partial charge in [0.25, 0.3) is 5.66 Å². The summed E-state index contributed by atoms with van der Waals surface area (Å²) in [5, 5.41) is 14.1. The lowest BCUT2D eigenvalue weighted by Gasteiger charge is -2.30. The number of nitrogens with zero attached hydrogens (tertiary/aromatic N) is 3. The first kappa shape index (κ1) is 24.9. The molecule has 0 aromatic heterocycles. The van der Waals surface area contributed by atoms with Gasteiger partial charge in [0, 0.05) is 11.6 Å². The number of rotatable bonds is 4. The number of ether oxygens (including phenoxy) is 1. The van der Waals surface area contributed by atoms with Gasteiger partial charge in [0.05, 0.1) is 18.7 Å². The maximum Gasteiger partial charge on any atom is 0.490 e. The molecule has 0 bridgehead atoms. The minimum atomic E-state index is -5.08. The van der Waals surface area contributed by atoms with Crippen molar-refractivity contribution in [3.63, 3.8) is 0 Å². The Morgan fingerprint density at radius 3 is 2.29 bits per heavy atom. The van der Waals surface area contributed by atoms with Gasteiger partial charge < -0.3 is 9.84 Å². The van der Waals surface area contributed by atoms with E-state index in [4.69, 9.17) is 26.2 Å². The number of halogens is 7. The summed E-state index contributed by atoms with van der Waals surface area (Å²) in [4.78, 5) is 22.4. The Balaban J connectivity index is 0.000000423. The molecule has 172 valence electrons. The van der Waals surface area contributed by atoms with E-state index in [1.807, 2.05) is 0 Å². The van der Waals surface area contributed by atoms with Gasteiger partial charge in [-0.15, -0.1) is 10.2 Å². The second-order valence-corrected chi connectivity index (χ2v) is 7.08. The minimum Gasteiger partial charge on any atom is -0.475 e. The molecular weight excluding hydrogens is 460 g/mol. The number of benzene rings is 1. The van der Waals surface area contributed by atoms with Gasteiger partial charge in [0.2, 0.25) is 0 Å². The topological polar surface area (TPSA) is 91.6 Å². The fourth-order valence-electron chi connectivity index (χ4n) is 3.18. The van der Waals surface area contributed by atoms with Crippen LogP contribution in [-0.4, -0.2) is 59.7 Å². The first-order valence-corrected chi connectivity index (χ1v) is 9.02. The van der Waals surface area contributed by atoms with Crippen molar-refractivity contribution < 1.29 is 45.8 Å². The molecule has 2 heterocycles. The third-order valence-electron chi connectivity index (χ3n) is 4.65. The van der Waals surface area contributed by atoms with Crippen LogP contribution in [0.5, 0.6) is 0 Å². The van der Waals surface area contributed by atoms with E-state index in [2.05, 4.69) is 10.2 Å². The number of alkyl halides is 6. The molecule has 0 amide bonds. The van der Waals surface area contributed by atoms with Crippen molar-refractivity contribution in [1.29, 1.82) is 0 Å². The van der Waals surface area contributed by atoms with Crippen molar-refractivity contribution in [2.45, 2.75) is 43.4 Å². The zero-order chi connectivity index (χ0) is 23.6. The molecule has 1 aromatic rings. The number of carboxylic acids is 1. The third-order valence-corrected chi connectivity index (χ3v) is 4.88. The van der Waals surface area contributed by atoms with Gasteiger partial charge in [-0.05, 0) is 43.1 Å². The molecule has 1 atom stereocenters. The van der Waals surface area contributed by atoms with E-state index in [1.54, 1.807) is 17.0 Å². The van der Waals surface area contributed by atoms with Crippen molar-refractivity contribution in [2.24, 2.45) is 10.2 Å². The number of carboxylic acid groups (broad SMARTS) is 1. The Morgan fingerprint density at radius 1 is 1.26 bits per heavy atom. The maximum absolute atomic E-state index is 13.3. The molecule has 0 saturated carbocycles. The van der Waals surface area contributed by atoms with Crippen LogP contribution in [0.1, 0.15) is 28.8 Å². The lowest BCUT2D eigenvalue weighted by molar-refractivity contribution is -0.192. The average molecular weight is 476 g/mol. The van der Waals surface area contributed by atoms with Crippen LogP contribution in [0.25, 0.3) is 0 Å². The van der Waals surface area contributed by atoms with Crippen LogP contribution in [0.4, 0.5) is 26.3 Å². The van der Waals surface area contributed by atoms with E-state index in [0.29, 0.717) is 35.5 Å². The number of hydrogen-bond donors (Lipinski definition) is 1. The van der Waals surface area contributed by atoms with Crippen LogP contribution in [-0.2, 0) is 16.1 Å². The van der Waals surface area contributed by atoms with E-state index >= 15 is 0 Å². The number of esters is 1. The summed E-state index contributed by atoms with van der Waals surface area (Å²) in [6.45, 7) is 0.624. The van der Waals surface area contributed by atoms with Gasteiger partial charge in [0.15, 0.2) is 0 Å². The predicted molar refractivity (Wildman–Crippen MR) is 93.6 cm³/mol. The largest absolute Gasteiger partial charge is 0.490 e. The Kier molecular flexibility index (Phi) is 7.21. The number of carbonyl (C=O) groups excluding carboxylic acids is 1. The molecular formula is C17H16ClF6N3O4. The first-order chi connectivity index (χ1) is 14.2. The van der Waals surface area contributed by atoms with Crippen molar-refractivity contribution in [2.75, 3.05) is 13.7 Å². The standard InChI is InChI=1S/C15H15ClF3N3O2.C2HF3O2/c1-24-13(23)11-5-4-10(16)7-9(11)8-22-6-2-3-12(22)14(20-21-14)15(17,18)19;3-2(4,5)1(6)7/h4-5,7,12H,2-3,6,8H2,1H3;(H,6,7). The van der Waals surface area contributed by atoms with Crippen molar-refractivity contribution in [3.8, 4) is 0 Å². The van der Waals surface area contributed by atoms with Crippen LogP contribution in [0, 0.1) is 0 Å². The number of likely N-dealkylation sites (tertiary alicyclic amines) is 1. The normalized spacial score (nSPS) is 20.1. The second-order valence-electron chi connectivity index (χ2n) is 6.65. The quantitative estimate of drug-likeness (QED) is 0.513. The van der Waals surface area contributed by atoms with Gasteiger partial charge in [0.1, 0.15) is 0 Å². The number of carbonyl (C=O) groups is 2. The van der Waals surface area contributed by atoms with Crippen LogP contribution in [0.15, 0.2) is 28.4 Å². The lowest BCUT2D eigenvalue weighted by atomic mass is 10.00. The predicted octanol–water partition coefficient (Wildman–Crippen LogP) is 4.45. The van der Waals surface area contributed by atoms with E-state index in [0.717, 1.165) is 0 Å². The summed E-state index contributed by atoms with van der Waals surface area (Å²) >= 11 is 5.97. The number of hydrogen-bond acceptors (Lipinski definition) is 6. The van der Waals surface area contributed by atoms with Gasteiger partial charge in [-0.1, -0.05) is 11.6 Å². The van der Waals surface area contributed by atoms with E-state index in [-0.39, 0.29) is 6.54 Å². The Bertz CT molecular complexity index is 868. The van der Waals surface area contributed by atoms with E-state index < -0.39 is 36.0 Å². The lowest BCUT2D eigenvalue weighted by Crippen LogP contribution is -2.50. The molecule has 1 saturated heterocycles. The Labute approximate surface area is 176 Å². The summed E-state index contributed by atoms with van der Waals surface area (Å²) in [5.74, 6) is -3.31. The van der Waals surface area contributed by atoms with Gasteiger partial charge in [-0.2, -0.15) is 26.3 Å². The molecule has 0 spiro atoms. The minimum absolute atomic E-state index is 0.151. The zero-order valence-corrected chi connectivity index (χ0v) is 16.6. The fourth-order valence-corrected chi connectivity index (χ4v) is 3.38. The summed E-state index contributed by atoms with van der Waals surface area (Å²) < 4.78 is 76.3.